The smallest absolute Gasteiger partial charge is 0.305 e. The molecule has 3 unspecified atom stereocenters. The number of rotatable bonds is 6. The molecule has 6 N–H and O–H groups in total. The van der Waals surface area contributed by atoms with Crippen LogP contribution in [-0.4, -0.2) is 57.2 Å². The zero-order valence-electron chi connectivity index (χ0n) is 15.3. The van der Waals surface area contributed by atoms with E-state index in [2.05, 4.69) is 38.0 Å². The molecule has 9 heteroatoms. The van der Waals surface area contributed by atoms with Crippen LogP contribution in [0.3, 0.4) is 0 Å². The van der Waals surface area contributed by atoms with Crippen LogP contribution in [0, 0.1) is 11.3 Å². The van der Waals surface area contributed by atoms with Crippen LogP contribution in [0.4, 0.5) is 0 Å². The number of nitrogens with zero attached hydrogens (tertiary/aromatic N) is 1. The second-order valence-corrected chi connectivity index (χ2v) is 9.04. The van der Waals surface area contributed by atoms with Crippen LogP contribution < -0.4 is 11.1 Å². The van der Waals surface area contributed by atoms with E-state index in [1.165, 1.54) is 6.92 Å². The van der Waals surface area contributed by atoms with Gasteiger partial charge in [0.1, 0.15) is 6.04 Å². The lowest BCUT2D eigenvalue weighted by Crippen LogP contribution is -2.47. The van der Waals surface area contributed by atoms with Crippen molar-refractivity contribution in [1.29, 1.82) is 0 Å². The van der Waals surface area contributed by atoms with Gasteiger partial charge >= 0.3 is 5.97 Å². The molecule has 25 heavy (non-hydrogen) atoms. The summed E-state index contributed by atoms with van der Waals surface area (Å²) in [5, 5.41) is 11.0. The van der Waals surface area contributed by atoms with Gasteiger partial charge in [0.05, 0.1) is 12.5 Å². The summed E-state index contributed by atoms with van der Waals surface area (Å²) in [5.41, 5.74) is 5.50. The number of carbonyl (C=O) groups is 3. The summed E-state index contributed by atoms with van der Waals surface area (Å²) >= 11 is 1.85. The largest absolute Gasteiger partial charge is 0.481 e. The minimum Gasteiger partial charge on any atom is -0.481 e. The molecule has 0 spiro atoms. The lowest BCUT2D eigenvalue weighted by atomic mass is 9.75. The first-order valence-corrected chi connectivity index (χ1v) is 8.85. The van der Waals surface area contributed by atoms with Gasteiger partial charge in [0, 0.05) is 16.9 Å². The number of carbonyl (C=O) groups excluding carboxylic acids is 2. The number of aliphatic carboxylic acids is 1. The number of nitrogens with one attached hydrogen (secondary N) is 1. The number of hydrogen-bond donors (Lipinski definition) is 3. The lowest BCUT2D eigenvalue weighted by molar-refractivity contribution is -0.139. The van der Waals surface area contributed by atoms with Crippen molar-refractivity contribution in [3.63, 3.8) is 0 Å². The number of thioether (sulfide) groups is 1. The van der Waals surface area contributed by atoms with Crippen LogP contribution in [0.25, 0.3) is 0 Å². The second-order valence-electron chi connectivity index (χ2n) is 7.41. The second kappa shape index (κ2) is 8.77. The standard InChI is InChI=1S/C16H27N3O4S.H2O/c1-9(19-14(23)10(17)6-12(20)21)13(22)18-7-11-15(2,3)8-24-16(11,4)5;/h7,9-11H,6,8,17H2,1-5H3,(H,19,23)(H,20,21);1H2. The summed E-state index contributed by atoms with van der Waals surface area (Å²) in [6, 6.07) is -2.04. The molecule has 1 aliphatic rings. The Hall–Kier alpha value is -1.45. The molecule has 0 radical (unpaired) electrons. The third-order valence-corrected chi connectivity index (χ3v) is 6.10. The molecule has 1 rings (SSSR count). The van der Waals surface area contributed by atoms with Crippen LogP contribution in [0.1, 0.15) is 41.0 Å². The van der Waals surface area contributed by atoms with Crippen molar-refractivity contribution in [2.45, 2.75) is 57.9 Å². The average Bonchev–Trinajstić information content (AvgIpc) is 2.64. The lowest BCUT2D eigenvalue weighted by Gasteiger charge is -2.30. The summed E-state index contributed by atoms with van der Waals surface area (Å²) < 4.78 is -0.0103. The van der Waals surface area contributed by atoms with E-state index in [0.717, 1.165) is 5.75 Å². The fraction of sp³-hybridized carbons (Fsp3) is 0.750. The van der Waals surface area contributed by atoms with Crippen LogP contribution in [0.5, 0.6) is 0 Å². The molecule has 0 aromatic carbocycles. The minimum atomic E-state index is -1.19. The van der Waals surface area contributed by atoms with Crippen molar-refractivity contribution in [3.8, 4) is 0 Å². The van der Waals surface area contributed by atoms with E-state index in [1.54, 1.807) is 6.21 Å². The van der Waals surface area contributed by atoms with Crippen molar-refractivity contribution >= 4 is 35.8 Å². The maximum absolute atomic E-state index is 12.1. The number of hydrogen-bond acceptors (Lipinski definition) is 5. The monoisotopic (exact) mass is 375 g/mol. The van der Waals surface area contributed by atoms with E-state index >= 15 is 0 Å². The van der Waals surface area contributed by atoms with E-state index < -0.39 is 36.3 Å². The molecule has 0 saturated carbocycles. The highest BCUT2D eigenvalue weighted by molar-refractivity contribution is 8.01. The predicted molar refractivity (Wildman–Crippen MR) is 98.8 cm³/mol. The van der Waals surface area contributed by atoms with Crippen LogP contribution in [0.15, 0.2) is 4.99 Å². The van der Waals surface area contributed by atoms with Gasteiger partial charge in [0.2, 0.25) is 5.91 Å². The van der Waals surface area contributed by atoms with Gasteiger partial charge in [-0.1, -0.05) is 27.7 Å². The van der Waals surface area contributed by atoms with Gasteiger partial charge in [0.25, 0.3) is 5.91 Å². The molecule has 1 fully saturated rings. The van der Waals surface area contributed by atoms with Gasteiger partial charge in [-0.2, -0.15) is 11.8 Å². The van der Waals surface area contributed by atoms with Crippen molar-refractivity contribution in [1.82, 2.24) is 5.32 Å². The Morgan fingerprint density at radius 2 is 1.92 bits per heavy atom. The van der Waals surface area contributed by atoms with E-state index in [4.69, 9.17) is 10.8 Å². The zero-order valence-corrected chi connectivity index (χ0v) is 16.1. The molecule has 0 aromatic heterocycles. The minimum absolute atomic E-state index is 0. The Labute approximate surface area is 152 Å². The Morgan fingerprint density at radius 1 is 1.36 bits per heavy atom. The molecule has 0 aromatic rings. The number of carboxylic acids is 1. The van der Waals surface area contributed by atoms with E-state index in [0.29, 0.717) is 0 Å². The quantitative estimate of drug-likeness (QED) is 0.565. The third kappa shape index (κ3) is 6.41. The first-order chi connectivity index (χ1) is 10.9. The highest BCUT2D eigenvalue weighted by Gasteiger charge is 2.46. The fourth-order valence-corrected chi connectivity index (χ4v) is 4.28. The molecule has 3 atom stereocenters. The Kier molecular flexibility index (Phi) is 8.26. The Morgan fingerprint density at radius 3 is 2.36 bits per heavy atom. The van der Waals surface area contributed by atoms with Gasteiger partial charge in [-0.25, -0.2) is 4.99 Å². The molecule has 0 aliphatic carbocycles. The molecule has 1 heterocycles. The summed E-state index contributed by atoms with van der Waals surface area (Å²) in [6.45, 7) is 10.1. The highest BCUT2D eigenvalue weighted by atomic mass is 32.2. The van der Waals surface area contributed by atoms with Crippen LogP contribution in [0.2, 0.25) is 0 Å². The molecule has 8 nitrogen and oxygen atoms in total. The van der Waals surface area contributed by atoms with Gasteiger partial charge in [0.15, 0.2) is 0 Å². The van der Waals surface area contributed by atoms with Crippen LogP contribution in [-0.2, 0) is 14.4 Å². The van der Waals surface area contributed by atoms with Crippen molar-refractivity contribution < 1.29 is 25.0 Å². The summed E-state index contributed by atoms with van der Waals surface area (Å²) in [4.78, 5) is 38.5. The van der Waals surface area contributed by atoms with E-state index in [-0.39, 0.29) is 21.6 Å². The summed E-state index contributed by atoms with van der Waals surface area (Å²) in [5.74, 6) is -1.20. The van der Waals surface area contributed by atoms with Crippen molar-refractivity contribution in [3.05, 3.63) is 0 Å². The maximum Gasteiger partial charge on any atom is 0.305 e. The molecule has 144 valence electrons. The zero-order chi connectivity index (χ0) is 18.7. The molecule has 1 aliphatic heterocycles. The van der Waals surface area contributed by atoms with Crippen molar-refractivity contribution in [2.75, 3.05) is 5.75 Å². The van der Waals surface area contributed by atoms with Gasteiger partial charge in [-0.3, -0.25) is 14.4 Å². The molecule has 1 saturated heterocycles. The molecular weight excluding hydrogens is 346 g/mol. The molecular formula is C16H29N3O5S. The number of nitrogens with two attached hydrogens (primary N) is 1. The number of amides is 2. The summed E-state index contributed by atoms with van der Waals surface area (Å²) in [7, 11) is 0. The Balaban J connectivity index is 0.00000576. The maximum atomic E-state index is 12.1. The summed E-state index contributed by atoms with van der Waals surface area (Å²) in [6.07, 6.45) is 1.19. The third-order valence-electron chi connectivity index (χ3n) is 4.22. The van der Waals surface area contributed by atoms with Crippen molar-refractivity contribution in [2.24, 2.45) is 22.1 Å². The molecule has 2 amide bonds. The highest BCUT2D eigenvalue weighted by Crippen LogP contribution is 2.51. The topological polar surface area (TPSA) is 153 Å². The first kappa shape index (κ1) is 23.5. The fourth-order valence-electron chi connectivity index (χ4n) is 2.80. The number of aliphatic imine (C=N–C) groups is 1. The van der Waals surface area contributed by atoms with E-state index in [9.17, 15) is 14.4 Å². The predicted octanol–water partition coefficient (Wildman–Crippen LogP) is 0.234. The van der Waals surface area contributed by atoms with Gasteiger partial charge < -0.3 is 21.6 Å². The van der Waals surface area contributed by atoms with Crippen LogP contribution >= 0.6 is 11.8 Å². The van der Waals surface area contributed by atoms with Gasteiger partial charge in [-0.15, -0.1) is 0 Å². The SMILES string of the molecule is CC(NC(=O)C(N)CC(=O)O)C(=O)N=CC1C(C)(C)CSC1(C)C.O. The van der Waals surface area contributed by atoms with Gasteiger partial charge in [-0.05, 0) is 18.1 Å². The Bertz CT molecular complexity index is 532. The first-order valence-electron chi connectivity index (χ1n) is 7.86. The van der Waals surface area contributed by atoms with E-state index in [1.807, 2.05) is 11.8 Å². The molecule has 0 bridgehead atoms. The average molecular weight is 375 g/mol. The number of carboxylic acid groups (broad SMARTS) is 1. The normalized spacial score (nSPS) is 23.5.